The van der Waals surface area contributed by atoms with Gasteiger partial charge < -0.3 is 15.0 Å². The third kappa shape index (κ3) is 3.78. The molecule has 5 heteroatoms. The normalized spacial score (nSPS) is 20.2. The van der Waals surface area contributed by atoms with Gasteiger partial charge in [-0.1, -0.05) is 17.8 Å². The molecule has 0 amide bonds. The van der Waals surface area contributed by atoms with Crippen LogP contribution in [-0.2, 0) is 4.74 Å². The molecule has 1 aliphatic rings. The fraction of sp³-hybridized carbons (Fsp3) is 0.562. The van der Waals surface area contributed by atoms with Crippen LogP contribution in [0, 0.1) is 6.92 Å². The minimum atomic E-state index is 0.393. The number of fused-ring (bicyclic) bond motifs is 1. The smallest absolute Gasteiger partial charge is 0.166 e. The summed E-state index contributed by atoms with van der Waals surface area (Å²) in [5, 5.41) is 4.55. The quantitative estimate of drug-likeness (QED) is 0.636. The number of H-pyrrole nitrogens is 1. The zero-order chi connectivity index (χ0) is 14.7. The Kier molecular flexibility index (Phi) is 4.83. The highest BCUT2D eigenvalue weighted by atomic mass is 32.2. The zero-order valence-electron chi connectivity index (χ0n) is 12.7. The van der Waals surface area contributed by atoms with Gasteiger partial charge in [0.2, 0.25) is 0 Å². The molecule has 1 saturated heterocycles. The fourth-order valence-corrected chi connectivity index (χ4v) is 3.49. The fourth-order valence-electron chi connectivity index (χ4n) is 2.73. The Morgan fingerprint density at radius 3 is 3.24 bits per heavy atom. The molecule has 0 bridgehead atoms. The molecule has 2 atom stereocenters. The second kappa shape index (κ2) is 6.81. The number of imidazole rings is 1. The molecule has 2 aromatic rings. The highest BCUT2D eigenvalue weighted by molar-refractivity contribution is 7.99. The van der Waals surface area contributed by atoms with Gasteiger partial charge in [0, 0.05) is 24.9 Å². The second-order valence-corrected chi connectivity index (χ2v) is 6.79. The second-order valence-electron chi connectivity index (χ2n) is 5.71. The molecular weight excluding hydrogens is 282 g/mol. The number of rotatable bonds is 6. The number of ether oxygens (including phenoxy) is 1. The first-order chi connectivity index (χ1) is 10.2. The van der Waals surface area contributed by atoms with Crippen molar-refractivity contribution in [3.8, 4) is 0 Å². The van der Waals surface area contributed by atoms with Crippen molar-refractivity contribution in [2.45, 2.75) is 44.0 Å². The minimum absolute atomic E-state index is 0.393. The third-order valence-corrected chi connectivity index (χ3v) is 4.82. The largest absolute Gasteiger partial charge is 0.377 e. The molecule has 1 aliphatic heterocycles. The Morgan fingerprint density at radius 1 is 1.52 bits per heavy atom. The highest BCUT2D eigenvalue weighted by Gasteiger charge is 2.21. The Morgan fingerprint density at radius 2 is 2.43 bits per heavy atom. The molecule has 1 aromatic heterocycles. The van der Waals surface area contributed by atoms with Crippen molar-refractivity contribution in [1.82, 2.24) is 15.3 Å². The van der Waals surface area contributed by atoms with E-state index in [2.05, 4.69) is 47.3 Å². The van der Waals surface area contributed by atoms with Gasteiger partial charge in [-0.15, -0.1) is 0 Å². The van der Waals surface area contributed by atoms with Crippen molar-refractivity contribution in [1.29, 1.82) is 0 Å². The van der Waals surface area contributed by atoms with E-state index in [1.165, 1.54) is 18.4 Å². The Balaban J connectivity index is 1.45. The van der Waals surface area contributed by atoms with Gasteiger partial charge in [0.05, 0.1) is 17.1 Å². The molecule has 2 unspecified atom stereocenters. The van der Waals surface area contributed by atoms with E-state index >= 15 is 0 Å². The highest BCUT2D eigenvalue weighted by Crippen LogP contribution is 2.20. The van der Waals surface area contributed by atoms with Crippen molar-refractivity contribution in [2.75, 3.05) is 18.9 Å². The zero-order valence-corrected chi connectivity index (χ0v) is 13.5. The molecule has 3 rings (SSSR count). The molecule has 2 heterocycles. The summed E-state index contributed by atoms with van der Waals surface area (Å²) < 4.78 is 5.69. The number of benzene rings is 1. The number of aromatic amines is 1. The van der Waals surface area contributed by atoms with Crippen LogP contribution in [0.4, 0.5) is 0 Å². The lowest BCUT2D eigenvalue weighted by molar-refractivity contribution is 0.0844. The molecule has 0 saturated carbocycles. The molecule has 4 nitrogen and oxygen atoms in total. The van der Waals surface area contributed by atoms with E-state index in [-0.39, 0.29) is 0 Å². The monoisotopic (exact) mass is 305 g/mol. The maximum atomic E-state index is 5.69. The minimum Gasteiger partial charge on any atom is -0.377 e. The van der Waals surface area contributed by atoms with Crippen molar-refractivity contribution in [2.24, 2.45) is 0 Å². The number of thioether (sulfide) groups is 1. The Labute approximate surface area is 130 Å². The van der Waals surface area contributed by atoms with Crippen molar-refractivity contribution in [3.63, 3.8) is 0 Å². The van der Waals surface area contributed by atoms with Crippen molar-refractivity contribution >= 4 is 22.8 Å². The number of nitrogens with zero attached hydrogens (tertiary/aromatic N) is 1. The van der Waals surface area contributed by atoms with Crippen LogP contribution >= 0.6 is 11.8 Å². The number of nitrogens with one attached hydrogen (secondary N) is 2. The average Bonchev–Trinajstić information content (AvgIpc) is 3.11. The predicted molar refractivity (Wildman–Crippen MR) is 88.0 cm³/mol. The van der Waals surface area contributed by atoms with Gasteiger partial charge in [0.25, 0.3) is 0 Å². The van der Waals surface area contributed by atoms with Gasteiger partial charge in [0.15, 0.2) is 5.16 Å². The van der Waals surface area contributed by atoms with E-state index < -0.39 is 0 Å². The first kappa shape index (κ1) is 14.9. The summed E-state index contributed by atoms with van der Waals surface area (Å²) in [7, 11) is 0. The summed E-state index contributed by atoms with van der Waals surface area (Å²) in [5.74, 6) is 1.01. The first-order valence-electron chi connectivity index (χ1n) is 7.66. The first-order valence-corrected chi connectivity index (χ1v) is 8.65. The van der Waals surface area contributed by atoms with Crippen molar-refractivity contribution < 1.29 is 4.74 Å². The summed E-state index contributed by atoms with van der Waals surface area (Å²) in [5.41, 5.74) is 3.43. The molecule has 114 valence electrons. The molecule has 0 radical (unpaired) electrons. The lowest BCUT2D eigenvalue weighted by atomic mass is 10.1. The number of hydrogen-bond acceptors (Lipinski definition) is 4. The SMILES string of the molecule is Cc1ccc2nc(SCCNC(C)C3CCCO3)[nH]c2c1. The van der Waals surface area contributed by atoms with Crippen LogP contribution in [0.2, 0.25) is 0 Å². The Bertz CT molecular complexity index is 592. The molecule has 1 aromatic carbocycles. The van der Waals surface area contributed by atoms with Crippen LogP contribution < -0.4 is 5.32 Å². The number of aromatic nitrogens is 2. The van der Waals surface area contributed by atoms with Gasteiger partial charge in [-0.05, 0) is 44.4 Å². The predicted octanol–water partition coefficient (Wildman–Crippen LogP) is 3.12. The van der Waals surface area contributed by atoms with Gasteiger partial charge in [-0.2, -0.15) is 0 Å². The molecule has 0 aliphatic carbocycles. The van der Waals surface area contributed by atoms with Crippen molar-refractivity contribution in [3.05, 3.63) is 23.8 Å². The van der Waals surface area contributed by atoms with Crippen LogP contribution in [0.1, 0.15) is 25.3 Å². The van der Waals surface area contributed by atoms with Crippen LogP contribution in [0.3, 0.4) is 0 Å². The van der Waals surface area contributed by atoms with Gasteiger partial charge in [-0.3, -0.25) is 0 Å². The lowest BCUT2D eigenvalue weighted by Crippen LogP contribution is -2.38. The summed E-state index contributed by atoms with van der Waals surface area (Å²) >= 11 is 1.77. The average molecular weight is 305 g/mol. The van der Waals surface area contributed by atoms with Crippen LogP contribution in [0.25, 0.3) is 11.0 Å². The third-order valence-electron chi connectivity index (χ3n) is 3.95. The maximum Gasteiger partial charge on any atom is 0.166 e. The van der Waals surface area contributed by atoms with E-state index in [0.717, 1.165) is 35.1 Å². The molecule has 21 heavy (non-hydrogen) atoms. The number of hydrogen-bond donors (Lipinski definition) is 2. The standard InChI is InChI=1S/C16H23N3OS/c1-11-5-6-13-14(10-11)19-16(18-13)21-9-7-17-12(2)15-4-3-8-20-15/h5-6,10,12,15,17H,3-4,7-9H2,1-2H3,(H,18,19). The van der Waals surface area contributed by atoms with Crippen LogP contribution in [-0.4, -0.2) is 41.0 Å². The topological polar surface area (TPSA) is 49.9 Å². The van der Waals surface area contributed by atoms with E-state index in [9.17, 15) is 0 Å². The summed E-state index contributed by atoms with van der Waals surface area (Å²) in [6.07, 6.45) is 2.78. The van der Waals surface area contributed by atoms with Crippen LogP contribution in [0.5, 0.6) is 0 Å². The summed E-state index contributed by atoms with van der Waals surface area (Å²) in [6.45, 7) is 6.21. The summed E-state index contributed by atoms with van der Waals surface area (Å²) in [6, 6.07) is 6.75. The van der Waals surface area contributed by atoms with E-state index in [1.807, 2.05) is 0 Å². The van der Waals surface area contributed by atoms with Gasteiger partial charge in [-0.25, -0.2) is 4.98 Å². The van der Waals surface area contributed by atoms with Gasteiger partial charge in [0.1, 0.15) is 0 Å². The van der Waals surface area contributed by atoms with Gasteiger partial charge >= 0.3 is 0 Å². The molecular formula is C16H23N3OS. The lowest BCUT2D eigenvalue weighted by Gasteiger charge is -2.19. The maximum absolute atomic E-state index is 5.69. The summed E-state index contributed by atoms with van der Waals surface area (Å²) in [4.78, 5) is 7.98. The molecule has 1 fully saturated rings. The van der Waals surface area contributed by atoms with E-state index in [1.54, 1.807) is 11.8 Å². The molecule has 2 N–H and O–H groups in total. The Hall–Kier alpha value is -1.04. The van der Waals surface area contributed by atoms with E-state index in [0.29, 0.717) is 12.1 Å². The molecule has 0 spiro atoms. The van der Waals surface area contributed by atoms with Crippen LogP contribution in [0.15, 0.2) is 23.4 Å². The number of aryl methyl sites for hydroxylation is 1. The van der Waals surface area contributed by atoms with E-state index in [4.69, 9.17) is 4.74 Å².